The third kappa shape index (κ3) is 3.74. The van der Waals surface area contributed by atoms with Crippen molar-refractivity contribution in [2.45, 2.75) is 20.0 Å². The van der Waals surface area contributed by atoms with Gasteiger partial charge in [0.05, 0.1) is 11.2 Å². The number of amides is 1. The van der Waals surface area contributed by atoms with E-state index in [4.69, 9.17) is 23.2 Å². The van der Waals surface area contributed by atoms with E-state index in [0.717, 1.165) is 24.7 Å². The van der Waals surface area contributed by atoms with Crippen molar-refractivity contribution in [1.29, 1.82) is 0 Å². The van der Waals surface area contributed by atoms with Crippen molar-refractivity contribution in [3.05, 3.63) is 51.8 Å². The highest BCUT2D eigenvalue weighted by atomic mass is 35.5. The molecule has 0 N–H and O–H groups in total. The van der Waals surface area contributed by atoms with Gasteiger partial charge < -0.3 is 4.90 Å². The molecular weight excluding hydrogens is 347 g/mol. The maximum Gasteiger partial charge on any atom is 0.273 e. The molecule has 0 bridgehead atoms. The van der Waals surface area contributed by atoms with E-state index in [2.05, 4.69) is 16.1 Å². The van der Waals surface area contributed by atoms with Crippen LogP contribution in [0.15, 0.2) is 30.5 Å². The fourth-order valence-electron chi connectivity index (χ4n) is 2.97. The number of hydrogen-bond donors (Lipinski definition) is 0. The average molecular weight is 367 g/mol. The van der Waals surface area contributed by atoms with Gasteiger partial charge in [-0.05, 0) is 24.6 Å². The zero-order chi connectivity index (χ0) is 17.1. The van der Waals surface area contributed by atoms with Gasteiger partial charge in [-0.1, -0.05) is 35.3 Å². The van der Waals surface area contributed by atoms with Crippen LogP contribution in [0.1, 0.15) is 23.0 Å². The number of hydrogen-bond acceptors (Lipinski definition) is 3. The number of benzene rings is 1. The van der Waals surface area contributed by atoms with Gasteiger partial charge >= 0.3 is 0 Å². The Morgan fingerprint density at radius 3 is 2.62 bits per heavy atom. The number of aromatic nitrogens is 2. The van der Waals surface area contributed by atoms with Crippen LogP contribution in [0.4, 0.5) is 0 Å². The molecule has 0 atom stereocenters. The zero-order valence-electron chi connectivity index (χ0n) is 13.6. The molecule has 0 radical (unpaired) electrons. The molecule has 0 unspecified atom stereocenters. The normalized spacial score (nSPS) is 15.7. The van der Waals surface area contributed by atoms with Crippen molar-refractivity contribution in [1.82, 2.24) is 19.6 Å². The highest BCUT2D eigenvalue weighted by molar-refractivity contribution is 6.33. The van der Waals surface area contributed by atoms with Crippen LogP contribution >= 0.6 is 23.2 Å². The Bertz CT molecular complexity index is 723. The quantitative estimate of drug-likeness (QED) is 0.834. The van der Waals surface area contributed by atoms with Crippen molar-refractivity contribution in [2.24, 2.45) is 0 Å². The first-order valence-electron chi connectivity index (χ1n) is 8.06. The summed E-state index contributed by atoms with van der Waals surface area (Å²) in [5, 5.41) is 5.32. The minimum atomic E-state index is -0.0400. The van der Waals surface area contributed by atoms with E-state index >= 15 is 0 Å². The Hall–Kier alpha value is -1.56. The predicted molar refractivity (Wildman–Crippen MR) is 95.5 cm³/mol. The Kier molecular flexibility index (Phi) is 5.43. The van der Waals surface area contributed by atoms with Gasteiger partial charge in [0.15, 0.2) is 0 Å². The van der Waals surface area contributed by atoms with E-state index in [1.54, 1.807) is 4.68 Å². The van der Waals surface area contributed by atoms with Crippen LogP contribution in [-0.2, 0) is 13.1 Å². The van der Waals surface area contributed by atoms with E-state index in [0.29, 0.717) is 30.4 Å². The van der Waals surface area contributed by atoms with Crippen LogP contribution in [-0.4, -0.2) is 51.7 Å². The first-order chi connectivity index (χ1) is 11.6. The first-order valence-corrected chi connectivity index (χ1v) is 8.81. The number of halogens is 2. The first kappa shape index (κ1) is 17.3. The number of rotatable bonds is 4. The lowest BCUT2D eigenvalue weighted by molar-refractivity contribution is 0.0616. The summed E-state index contributed by atoms with van der Waals surface area (Å²) in [5.41, 5.74) is 1.68. The lowest BCUT2D eigenvalue weighted by atomic mass is 10.2. The largest absolute Gasteiger partial charge is 0.335 e. The Labute approximate surface area is 151 Å². The molecule has 1 aromatic carbocycles. The molecule has 1 aliphatic rings. The van der Waals surface area contributed by atoms with E-state index < -0.39 is 0 Å². The molecule has 7 heteroatoms. The fraction of sp³-hybridized carbons (Fsp3) is 0.412. The molecule has 1 saturated heterocycles. The lowest BCUT2D eigenvalue weighted by Crippen LogP contribution is -2.48. The Morgan fingerprint density at radius 1 is 1.21 bits per heavy atom. The lowest BCUT2D eigenvalue weighted by Gasteiger charge is -2.34. The summed E-state index contributed by atoms with van der Waals surface area (Å²) >= 11 is 12.2. The minimum Gasteiger partial charge on any atom is -0.335 e. The van der Waals surface area contributed by atoms with Crippen molar-refractivity contribution >= 4 is 29.1 Å². The van der Waals surface area contributed by atoms with Gasteiger partial charge in [0.2, 0.25) is 0 Å². The molecule has 0 aliphatic carbocycles. The highest BCUT2D eigenvalue weighted by Gasteiger charge is 2.26. The van der Waals surface area contributed by atoms with E-state index in [1.165, 1.54) is 11.8 Å². The van der Waals surface area contributed by atoms with Gasteiger partial charge in [0.25, 0.3) is 5.91 Å². The summed E-state index contributed by atoms with van der Waals surface area (Å²) in [6.45, 7) is 6.45. The van der Waals surface area contributed by atoms with Crippen LogP contribution in [0.25, 0.3) is 0 Å². The van der Waals surface area contributed by atoms with Crippen LogP contribution in [0.5, 0.6) is 0 Å². The van der Waals surface area contributed by atoms with Gasteiger partial charge in [-0.25, -0.2) is 0 Å². The smallest absolute Gasteiger partial charge is 0.273 e. The fourth-order valence-corrected chi connectivity index (χ4v) is 3.40. The Morgan fingerprint density at radius 2 is 1.96 bits per heavy atom. The summed E-state index contributed by atoms with van der Waals surface area (Å²) < 4.78 is 1.66. The summed E-state index contributed by atoms with van der Waals surface area (Å²) in [6, 6.07) is 7.90. The predicted octanol–water partition coefficient (Wildman–Crippen LogP) is 3.17. The molecule has 1 fully saturated rings. The van der Waals surface area contributed by atoms with Gasteiger partial charge in [-0.2, -0.15) is 5.10 Å². The van der Waals surface area contributed by atoms with Gasteiger partial charge in [0.1, 0.15) is 5.69 Å². The van der Waals surface area contributed by atoms with Gasteiger partial charge in [-0.15, -0.1) is 0 Å². The van der Waals surface area contributed by atoms with Crippen LogP contribution in [0.2, 0.25) is 10.0 Å². The third-order valence-electron chi connectivity index (χ3n) is 4.25. The molecule has 1 aromatic heterocycles. The highest BCUT2D eigenvalue weighted by Crippen LogP contribution is 2.19. The number of aryl methyl sites for hydroxylation is 1. The molecule has 5 nitrogen and oxygen atoms in total. The standard InChI is InChI=1S/C17H20Cl2N4O/c1-2-23-16(15(19)11-20-23)17(24)22-8-6-21(7-9-22)12-13-4-3-5-14(18)10-13/h3-5,10-11H,2,6-9,12H2,1H3. The second-order valence-electron chi connectivity index (χ2n) is 5.86. The van der Waals surface area contributed by atoms with Crippen LogP contribution in [0.3, 0.4) is 0 Å². The third-order valence-corrected chi connectivity index (χ3v) is 4.76. The monoisotopic (exact) mass is 366 g/mol. The number of piperazine rings is 1. The summed E-state index contributed by atoms with van der Waals surface area (Å²) in [6.07, 6.45) is 1.54. The second-order valence-corrected chi connectivity index (χ2v) is 6.70. The molecule has 1 aliphatic heterocycles. The van der Waals surface area contributed by atoms with Crippen LogP contribution in [0, 0.1) is 0 Å². The van der Waals surface area contributed by atoms with E-state index in [-0.39, 0.29) is 5.91 Å². The molecule has 2 aromatic rings. The molecule has 1 amide bonds. The number of nitrogens with zero attached hydrogens (tertiary/aromatic N) is 4. The minimum absolute atomic E-state index is 0.0400. The Balaban J connectivity index is 1.60. The van der Waals surface area contributed by atoms with Crippen molar-refractivity contribution in [3.8, 4) is 0 Å². The molecule has 128 valence electrons. The average Bonchev–Trinajstić information content (AvgIpc) is 2.96. The second kappa shape index (κ2) is 7.55. The topological polar surface area (TPSA) is 41.4 Å². The van der Waals surface area contributed by atoms with Crippen molar-refractivity contribution < 1.29 is 4.79 Å². The van der Waals surface area contributed by atoms with E-state index in [9.17, 15) is 4.79 Å². The van der Waals surface area contributed by atoms with Crippen LogP contribution < -0.4 is 0 Å². The molecule has 3 rings (SSSR count). The molecule has 2 heterocycles. The summed E-state index contributed by atoms with van der Waals surface area (Å²) in [5.74, 6) is -0.0400. The number of carbonyl (C=O) groups excluding carboxylic acids is 1. The van der Waals surface area contributed by atoms with Crippen molar-refractivity contribution in [3.63, 3.8) is 0 Å². The molecule has 0 saturated carbocycles. The maximum atomic E-state index is 12.7. The van der Waals surface area contributed by atoms with Crippen molar-refractivity contribution in [2.75, 3.05) is 26.2 Å². The molecule has 0 spiro atoms. The number of carbonyl (C=O) groups is 1. The molecule has 24 heavy (non-hydrogen) atoms. The maximum absolute atomic E-state index is 12.7. The summed E-state index contributed by atoms with van der Waals surface area (Å²) in [7, 11) is 0. The van der Waals surface area contributed by atoms with Gasteiger partial charge in [-0.3, -0.25) is 14.4 Å². The van der Waals surface area contributed by atoms with Gasteiger partial charge in [0, 0.05) is 44.3 Å². The van der Waals surface area contributed by atoms with E-state index in [1.807, 2.05) is 30.0 Å². The summed E-state index contributed by atoms with van der Waals surface area (Å²) in [4.78, 5) is 16.9. The SMILES string of the molecule is CCn1ncc(Cl)c1C(=O)N1CCN(Cc2cccc(Cl)c2)CC1. The zero-order valence-corrected chi connectivity index (χ0v) is 15.1. The molecular formula is C17H20Cl2N4O.